The molecule has 8 nitrogen and oxygen atoms in total. The van der Waals surface area contributed by atoms with Gasteiger partial charge >= 0.3 is 0 Å². The summed E-state index contributed by atoms with van der Waals surface area (Å²) < 4.78 is 6.96. The Balaban J connectivity index is 1.59. The van der Waals surface area contributed by atoms with E-state index in [1.807, 2.05) is 30.3 Å². The van der Waals surface area contributed by atoms with Gasteiger partial charge in [0.25, 0.3) is 11.6 Å². The molecule has 2 heterocycles. The third-order valence-electron chi connectivity index (χ3n) is 4.32. The molecule has 0 radical (unpaired) electrons. The van der Waals surface area contributed by atoms with Crippen LogP contribution in [0.2, 0.25) is 0 Å². The molecule has 0 bridgehead atoms. The summed E-state index contributed by atoms with van der Waals surface area (Å²) in [6.45, 7) is 0.229. The Morgan fingerprint density at radius 1 is 1.07 bits per heavy atom. The Hall–Kier alpha value is -4.20. The average molecular weight is 388 g/mol. The van der Waals surface area contributed by atoms with Gasteiger partial charge in [-0.3, -0.25) is 14.9 Å². The molecular weight excluding hydrogens is 372 g/mol. The Morgan fingerprint density at radius 3 is 2.48 bits per heavy atom. The first-order chi connectivity index (χ1) is 14.1. The highest BCUT2D eigenvalue weighted by molar-refractivity contribution is 5.94. The second-order valence-corrected chi connectivity index (χ2v) is 6.25. The Labute approximate surface area is 165 Å². The van der Waals surface area contributed by atoms with Crippen molar-refractivity contribution in [2.75, 3.05) is 0 Å². The van der Waals surface area contributed by atoms with Gasteiger partial charge in [0.05, 0.1) is 16.9 Å². The average Bonchev–Trinajstić information content (AvgIpc) is 3.43. The van der Waals surface area contributed by atoms with Crippen molar-refractivity contribution in [3.8, 4) is 17.1 Å². The molecule has 0 aliphatic heterocycles. The quantitative estimate of drug-likeness (QED) is 0.398. The molecule has 0 aliphatic carbocycles. The number of nitro groups is 1. The number of amides is 1. The van der Waals surface area contributed by atoms with Crippen LogP contribution in [-0.4, -0.2) is 20.6 Å². The van der Waals surface area contributed by atoms with Gasteiger partial charge in [-0.1, -0.05) is 30.3 Å². The number of carbonyl (C=O) groups is 1. The SMILES string of the molecule is O=C(NCc1ccc([N+](=O)[O-])cc1)c1cc(-c2ccco2)nn1-c1ccccc1. The topological polar surface area (TPSA) is 103 Å². The second kappa shape index (κ2) is 7.81. The number of nitrogens with zero attached hydrogens (tertiary/aromatic N) is 3. The van der Waals surface area contributed by atoms with Crippen LogP contribution in [-0.2, 0) is 6.54 Å². The minimum Gasteiger partial charge on any atom is -0.463 e. The number of hydrogen-bond acceptors (Lipinski definition) is 5. The largest absolute Gasteiger partial charge is 0.463 e. The predicted molar refractivity (Wildman–Crippen MR) is 106 cm³/mol. The number of para-hydroxylation sites is 1. The van der Waals surface area contributed by atoms with Crippen LogP contribution in [0.25, 0.3) is 17.1 Å². The fourth-order valence-corrected chi connectivity index (χ4v) is 2.86. The van der Waals surface area contributed by atoms with Crippen molar-refractivity contribution in [1.82, 2.24) is 15.1 Å². The number of nitrogens with one attached hydrogen (secondary N) is 1. The molecule has 2 aromatic carbocycles. The number of nitro benzene ring substituents is 1. The van der Waals surface area contributed by atoms with E-state index in [1.54, 1.807) is 41.3 Å². The summed E-state index contributed by atoms with van der Waals surface area (Å²) in [6.07, 6.45) is 1.55. The third kappa shape index (κ3) is 3.91. The van der Waals surface area contributed by atoms with Crippen LogP contribution in [0.1, 0.15) is 16.1 Å². The van der Waals surface area contributed by atoms with E-state index in [0.717, 1.165) is 11.3 Å². The summed E-state index contributed by atoms with van der Waals surface area (Å²) in [5, 5.41) is 18.1. The van der Waals surface area contributed by atoms with Gasteiger partial charge < -0.3 is 9.73 Å². The van der Waals surface area contributed by atoms with Gasteiger partial charge in [0, 0.05) is 24.7 Å². The van der Waals surface area contributed by atoms with E-state index in [9.17, 15) is 14.9 Å². The van der Waals surface area contributed by atoms with E-state index < -0.39 is 4.92 Å². The van der Waals surface area contributed by atoms with Crippen LogP contribution in [0.5, 0.6) is 0 Å². The van der Waals surface area contributed by atoms with E-state index in [0.29, 0.717) is 17.1 Å². The van der Waals surface area contributed by atoms with Crippen molar-refractivity contribution in [2.24, 2.45) is 0 Å². The van der Waals surface area contributed by atoms with Crippen LogP contribution in [0.15, 0.2) is 83.5 Å². The second-order valence-electron chi connectivity index (χ2n) is 6.25. The molecule has 0 saturated heterocycles. The molecule has 0 saturated carbocycles. The summed E-state index contributed by atoms with van der Waals surface area (Å²) >= 11 is 0. The van der Waals surface area contributed by atoms with E-state index in [2.05, 4.69) is 10.4 Å². The van der Waals surface area contributed by atoms with Gasteiger partial charge in [0.1, 0.15) is 11.4 Å². The van der Waals surface area contributed by atoms with Gasteiger partial charge in [-0.05, 0) is 29.8 Å². The van der Waals surface area contributed by atoms with E-state index in [-0.39, 0.29) is 18.1 Å². The fourth-order valence-electron chi connectivity index (χ4n) is 2.86. The maximum atomic E-state index is 12.9. The molecule has 0 aliphatic rings. The molecule has 4 rings (SSSR count). The monoisotopic (exact) mass is 388 g/mol. The molecule has 8 heteroatoms. The minimum atomic E-state index is -0.461. The van der Waals surface area contributed by atoms with E-state index in [1.165, 1.54) is 12.1 Å². The molecule has 1 amide bonds. The van der Waals surface area contributed by atoms with E-state index >= 15 is 0 Å². The smallest absolute Gasteiger partial charge is 0.270 e. The molecule has 0 spiro atoms. The zero-order valence-corrected chi connectivity index (χ0v) is 15.2. The maximum Gasteiger partial charge on any atom is 0.270 e. The standard InChI is InChI=1S/C21H16N4O4/c26-21(22-14-15-8-10-17(11-9-15)25(27)28)19-13-18(20-7-4-12-29-20)23-24(19)16-5-2-1-3-6-16/h1-13H,14H2,(H,22,26). The summed E-state index contributed by atoms with van der Waals surface area (Å²) in [5.74, 6) is 0.238. The fraction of sp³-hybridized carbons (Fsp3) is 0.0476. The van der Waals surface area contributed by atoms with Crippen molar-refractivity contribution in [3.63, 3.8) is 0 Å². The number of hydrogen-bond donors (Lipinski definition) is 1. The van der Waals surface area contributed by atoms with Gasteiger partial charge in [0.2, 0.25) is 0 Å². The van der Waals surface area contributed by atoms with Crippen molar-refractivity contribution >= 4 is 11.6 Å². The zero-order chi connectivity index (χ0) is 20.2. The molecule has 144 valence electrons. The van der Waals surface area contributed by atoms with Gasteiger partial charge in [-0.15, -0.1) is 0 Å². The summed E-state index contributed by atoms with van der Waals surface area (Å²) in [5.41, 5.74) is 2.39. The minimum absolute atomic E-state index is 0.00493. The third-order valence-corrected chi connectivity index (χ3v) is 4.32. The maximum absolute atomic E-state index is 12.9. The Morgan fingerprint density at radius 2 is 1.83 bits per heavy atom. The number of carbonyl (C=O) groups excluding carboxylic acids is 1. The number of furan rings is 1. The van der Waals surface area contributed by atoms with Gasteiger partial charge in [-0.2, -0.15) is 5.10 Å². The van der Waals surface area contributed by atoms with Crippen LogP contribution >= 0.6 is 0 Å². The lowest BCUT2D eigenvalue weighted by molar-refractivity contribution is -0.384. The lowest BCUT2D eigenvalue weighted by atomic mass is 10.2. The molecule has 1 N–H and O–H groups in total. The van der Waals surface area contributed by atoms with Crippen LogP contribution in [0.4, 0.5) is 5.69 Å². The zero-order valence-electron chi connectivity index (χ0n) is 15.2. The predicted octanol–water partition coefficient (Wildman–Crippen LogP) is 3.97. The van der Waals surface area contributed by atoms with Crippen LogP contribution in [0, 0.1) is 10.1 Å². The normalized spacial score (nSPS) is 10.6. The number of non-ortho nitro benzene ring substituents is 1. The summed E-state index contributed by atoms with van der Waals surface area (Å²) in [7, 11) is 0. The van der Waals surface area contributed by atoms with Crippen LogP contribution in [0.3, 0.4) is 0 Å². The van der Waals surface area contributed by atoms with Crippen molar-refractivity contribution in [3.05, 3.63) is 100 Å². The molecule has 0 unspecified atom stereocenters. The molecule has 29 heavy (non-hydrogen) atoms. The highest BCUT2D eigenvalue weighted by Gasteiger charge is 2.18. The molecule has 0 atom stereocenters. The molecule has 2 aromatic heterocycles. The van der Waals surface area contributed by atoms with Crippen molar-refractivity contribution in [2.45, 2.75) is 6.54 Å². The number of rotatable bonds is 6. The molecule has 0 fully saturated rings. The van der Waals surface area contributed by atoms with Crippen molar-refractivity contribution < 1.29 is 14.1 Å². The van der Waals surface area contributed by atoms with Gasteiger partial charge in [0.15, 0.2) is 5.76 Å². The summed E-state index contributed by atoms with van der Waals surface area (Å²) in [6, 6.07) is 20.5. The Kier molecular flexibility index (Phi) is 4.90. The highest BCUT2D eigenvalue weighted by atomic mass is 16.6. The van der Waals surface area contributed by atoms with Crippen LogP contribution < -0.4 is 5.32 Å². The number of benzene rings is 2. The van der Waals surface area contributed by atoms with Crippen molar-refractivity contribution in [1.29, 1.82) is 0 Å². The first-order valence-electron chi connectivity index (χ1n) is 8.83. The molecule has 4 aromatic rings. The Bertz CT molecular complexity index is 1130. The first kappa shape index (κ1) is 18.2. The lowest BCUT2D eigenvalue weighted by Gasteiger charge is -2.08. The summed E-state index contributed by atoms with van der Waals surface area (Å²) in [4.78, 5) is 23.2. The molecular formula is C21H16N4O4. The highest BCUT2D eigenvalue weighted by Crippen LogP contribution is 2.22. The lowest BCUT2D eigenvalue weighted by Crippen LogP contribution is -2.25. The number of aromatic nitrogens is 2. The van der Waals surface area contributed by atoms with Gasteiger partial charge in [-0.25, -0.2) is 4.68 Å². The van der Waals surface area contributed by atoms with E-state index in [4.69, 9.17) is 4.42 Å². The first-order valence-corrected chi connectivity index (χ1v) is 8.83.